The molecule has 0 aliphatic rings. The standard InChI is InChI=1S/C31H39N3O4S/c1-4-6-22-32-31(36)25(3)33(23-21-27-13-9-7-10-14-27)30(35)24-34(28-19-17-26(5-2)18-20-28)39(37,38)29-15-11-8-12-16-29/h7-20,25H,4-6,21-24H2,1-3H3,(H,32,36)/t25-/m1/s1. The molecule has 0 unspecified atom stereocenters. The Balaban J connectivity index is 1.93. The van der Waals surface area contributed by atoms with Crippen molar-refractivity contribution in [2.75, 3.05) is 23.9 Å². The molecule has 0 saturated carbocycles. The van der Waals surface area contributed by atoms with Crippen LogP contribution in [0.15, 0.2) is 89.8 Å². The second kappa shape index (κ2) is 14.5. The summed E-state index contributed by atoms with van der Waals surface area (Å²) in [5.74, 6) is -0.697. The van der Waals surface area contributed by atoms with E-state index in [0.717, 1.165) is 34.7 Å². The Kier molecular flexibility index (Phi) is 11.1. The Morgan fingerprint density at radius 1 is 0.846 bits per heavy atom. The molecule has 0 bridgehead atoms. The summed E-state index contributed by atoms with van der Waals surface area (Å²) in [6.07, 6.45) is 3.13. The van der Waals surface area contributed by atoms with Crippen LogP contribution in [0, 0.1) is 0 Å². The lowest BCUT2D eigenvalue weighted by Gasteiger charge is -2.32. The highest BCUT2D eigenvalue weighted by molar-refractivity contribution is 7.92. The molecule has 39 heavy (non-hydrogen) atoms. The number of unbranched alkanes of at least 4 members (excludes halogenated alkanes) is 1. The maximum absolute atomic E-state index is 13.9. The van der Waals surface area contributed by atoms with Crippen LogP contribution < -0.4 is 9.62 Å². The number of sulfonamides is 1. The van der Waals surface area contributed by atoms with E-state index in [9.17, 15) is 18.0 Å². The number of anilines is 1. The number of aryl methyl sites for hydroxylation is 1. The van der Waals surface area contributed by atoms with Crippen molar-refractivity contribution in [1.29, 1.82) is 0 Å². The van der Waals surface area contributed by atoms with Crippen molar-refractivity contribution in [3.8, 4) is 0 Å². The van der Waals surface area contributed by atoms with E-state index in [0.29, 0.717) is 18.7 Å². The topological polar surface area (TPSA) is 86.8 Å². The van der Waals surface area contributed by atoms with Crippen LogP contribution in [0.1, 0.15) is 44.7 Å². The van der Waals surface area contributed by atoms with E-state index in [1.54, 1.807) is 37.3 Å². The lowest BCUT2D eigenvalue weighted by molar-refractivity contribution is -0.138. The molecule has 0 aliphatic carbocycles. The molecular weight excluding hydrogens is 510 g/mol. The van der Waals surface area contributed by atoms with Gasteiger partial charge in [0.1, 0.15) is 12.6 Å². The molecule has 1 atom stereocenters. The second-order valence-electron chi connectivity index (χ2n) is 9.49. The van der Waals surface area contributed by atoms with E-state index in [4.69, 9.17) is 0 Å². The Bertz CT molecular complexity index is 1300. The summed E-state index contributed by atoms with van der Waals surface area (Å²) in [5.41, 5.74) is 2.48. The molecule has 3 aromatic rings. The predicted octanol–water partition coefficient (Wildman–Crippen LogP) is 4.82. The van der Waals surface area contributed by atoms with E-state index in [1.165, 1.54) is 17.0 Å². The molecule has 1 N–H and O–H groups in total. The molecule has 3 rings (SSSR count). The number of carbonyl (C=O) groups is 2. The number of benzene rings is 3. The smallest absolute Gasteiger partial charge is 0.264 e. The first-order valence-electron chi connectivity index (χ1n) is 13.6. The molecule has 0 aliphatic heterocycles. The zero-order chi connectivity index (χ0) is 28.3. The van der Waals surface area contributed by atoms with Crippen molar-refractivity contribution in [1.82, 2.24) is 10.2 Å². The largest absolute Gasteiger partial charge is 0.354 e. The number of nitrogens with zero attached hydrogens (tertiary/aromatic N) is 2. The molecule has 2 amide bonds. The summed E-state index contributed by atoms with van der Waals surface area (Å²) < 4.78 is 28.7. The summed E-state index contributed by atoms with van der Waals surface area (Å²) in [5, 5.41) is 2.91. The van der Waals surface area contributed by atoms with Crippen LogP contribution in [0.25, 0.3) is 0 Å². The average Bonchev–Trinajstić information content (AvgIpc) is 2.97. The monoisotopic (exact) mass is 549 g/mol. The van der Waals surface area contributed by atoms with Gasteiger partial charge in [0.25, 0.3) is 10.0 Å². The molecule has 208 valence electrons. The maximum Gasteiger partial charge on any atom is 0.264 e. The van der Waals surface area contributed by atoms with Gasteiger partial charge in [0.2, 0.25) is 11.8 Å². The van der Waals surface area contributed by atoms with Crippen molar-refractivity contribution >= 4 is 27.5 Å². The number of hydrogen-bond donors (Lipinski definition) is 1. The summed E-state index contributed by atoms with van der Waals surface area (Å²) in [6, 6.07) is 24.2. The Labute approximate surface area is 232 Å². The number of amides is 2. The third-order valence-corrected chi connectivity index (χ3v) is 8.51. The molecule has 0 radical (unpaired) electrons. The van der Waals surface area contributed by atoms with Crippen molar-refractivity contribution in [2.45, 2.75) is 57.4 Å². The van der Waals surface area contributed by atoms with Crippen molar-refractivity contribution < 1.29 is 18.0 Å². The molecule has 3 aromatic carbocycles. The van der Waals surface area contributed by atoms with Crippen molar-refractivity contribution in [3.63, 3.8) is 0 Å². The van der Waals surface area contributed by atoms with Crippen LogP contribution in [-0.4, -0.2) is 50.8 Å². The maximum atomic E-state index is 13.9. The fraction of sp³-hybridized carbons (Fsp3) is 0.355. The zero-order valence-electron chi connectivity index (χ0n) is 23.0. The van der Waals surface area contributed by atoms with Gasteiger partial charge in [-0.15, -0.1) is 0 Å². The van der Waals surface area contributed by atoms with Crippen LogP contribution in [0.4, 0.5) is 5.69 Å². The normalized spacial score (nSPS) is 12.0. The van der Waals surface area contributed by atoms with Crippen LogP contribution in [0.5, 0.6) is 0 Å². The number of rotatable bonds is 14. The minimum absolute atomic E-state index is 0.0959. The molecule has 7 nitrogen and oxygen atoms in total. The molecular formula is C31H39N3O4S. The SMILES string of the molecule is CCCCNC(=O)[C@@H](C)N(CCc1ccccc1)C(=O)CN(c1ccc(CC)cc1)S(=O)(=O)c1ccccc1. The fourth-order valence-electron chi connectivity index (χ4n) is 4.25. The molecule has 8 heteroatoms. The minimum atomic E-state index is -4.05. The number of hydrogen-bond acceptors (Lipinski definition) is 4. The van der Waals surface area contributed by atoms with Crippen LogP contribution in [-0.2, 0) is 32.5 Å². The van der Waals surface area contributed by atoms with Gasteiger partial charge in [0, 0.05) is 13.1 Å². The fourth-order valence-corrected chi connectivity index (χ4v) is 5.69. The van der Waals surface area contributed by atoms with Crippen molar-refractivity contribution in [3.05, 3.63) is 96.1 Å². The third-order valence-electron chi connectivity index (χ3n) is 6.72. The lowest BCUT2D eigenvalue weighted by atomic mass is 10.1. The Morgan fingerprint density at radius 3 is 2.05 bits per heavy atom. The summed E-state index contributed by atoms with van der Waals surface area (Å²) in [4.78, 5) is 28.4. The number of nitrogens with one attached hydrogen (secondary N) is 1. The van der Waals surface area contributed by atoms with Crippen LogP contribution in [0.2, 0.25) is 0 Å². The Hall–Kier alpha value is -3.65. The van der Waals surface area contributed by atoms with E-state index in [1.807, 2.05) is 56.3 Å². The molecule has 0 aromatic heterocycles. The zero-order valence-corrected chi connectivity index (χ0v) is 23.9. The van der Waals surface area contributed by atoms with E-state index < -0.39 is 28.5 Å². The van der Waals surface area contributed by atoms with Crippen LogP contribution in [0.3, 0.4) is 0 Å². The molecule has 0 spiro atoms. The first-order valence-corrected chi connectivity index (χ1v) is 15.0. The minimum Gasteiger partial charge on any atom is -0.354 e. The average molecular weight is 550 g/mol. The predicted molar refractivity (Wildman–Crippen MR) is 156 cm³/mol. The molecule has 0 fully saturated rings. The van der Waals surface area contributed by atoms with Gasteiger partial charge in [-0.3, -0.25) is 13.9 Å². The summed E-state index contributed by atoms with van der Waals surface area (Å²) in [7, 11) is -4.05. The second-order valence-corrected chi connectivity index (χ2v) is 11.4. The number of carbonyl (C=O) groups excluding carboxylic acids is 2. The van der Waals surface area contributed by atoms with Gasteiger partial charge >= 0.3 is 0 Å². The highest BCUT2D eigenvalue weighted by Crippen LogP contribution is 2.25. The lowest BCUT2D eigenvalue weighted by Crippen LogP contribution is -2.52. The van der Waals surface area contributed by atoms with Gasteiger partial charge in [-0.1, -0.05) is 80.9 Å². The summed E-state index contributed by atoms with van der Waals surface area (Å²) >= 11 is 0. The third kappa shape index (κ3) is 8.17. The van der Waals surface area contributed by atoms with Gasteiger partial charge < -0.3 is 10.2 Å². The van der Waals surface area contributed by atoms with E-state index in [-0.39, 0.29) is 17.3 Å². The van der Waals surface area contributed by atoms with Gasteiger partial charge in [0.05, 0.1) is 10.6 Å². The van der Waals surface area contributed by atoms with Crippen molar-refractivity contribution in [2.24, 2.45) is 0 Å². The van der Waals surface area contributed by atoms with Gasteiger partial charge in [0.15, 0.2) is 0 Å². The van der Waals surface area contributed by atoms with Crippen LogP contribution >= 0.6 is 0 Å². The van der Waals surface area contributed by atoms with Gasteiger partial charge in [-0.25, -0.2) is 8.42 Å². The molecule has 0 heterocycles. The van der Waals surface area contributed by atoms with E-state index >= 15 is 0 Å². The highest BCUT2D eigenvalue weighted by Gasteiger charge is 2.32. The first-order chi connectivity index (χ1) is 18.8. The van der Waals surface area contributed by atoms with Gasteiger partial charge in [-0.2, -0.15) is 0 Å². The summed E-state index contributed by atoms with van der Waals surface area (Å²) in [6.45, 7) is 6.13. The first kappa shape index (κ1) is 29.9. The Morgan fingerprint density at radius 2 is 1.46 bits per heavy atom. The van der Waals surface area contributed by atoms with E-state index in [2.05, 4.69) is 5.32 Å². The quantitative estimate of drug-likeness (QED) is 0.292. The molecule has 0 saturated heterocycles. The van der Waals surface area contributed by atoms with Gasteiger partial charge in [-0.05, 0) is 61.6 Å². The highest BCUT2D eigenvalue weighted by atomic mass is 32.2.